The molecule has 1 atom stereocenters. The maximum atomic E-state index is 12.2. The molecule has 106 valence electrons. The Balaban J connectivity index is 2.17. The summed E-state index contributed by atoms with van der Waals surface area (Å²) in [5, 5.41) is 7.09. The van der Waals surface area contributed by atoms with Gasteiger partial charge in [0, 0.05) is 25.0 Å². The summed E-state index contributed by atoms with van der Waals surface area (Å²) in [5.41, 5.74) is 0.593. The first kappa shape index (κ1) is 14.2. The lowest BCUT2D eigenvalue weighted by atomic mass is 10.0. The number of rotatable bonds is 5. The first-order valence-electron chi connectivity index (χ1n) is 6.62. The zero-order chi connectivity index (χ0) is 14.5. The van der Waals surface area contributed by atoms with Gasteiger partial charge in [0.05, 0.1) is 6.04 Å². The van der Waals surface area contributed by atoms with Crippen LogP contribution in [0.15, 0.2) is 30.9 Å². The van der Waals surface area contributed by atoms with Crippen LogP contribution in [0.2, 0.25) is 0 Å². The van der Waals surface area contributed by atoms with Gasteiger partial charge in [-0.15, -0.1) is 0 Å². The second-order valence-corrected chi connectivity index (χ2v) is 5.13. The summed E-state index contributed by atoms with van der Waals surface area (Å²) >= 11 is 0. The minimum Gasteiger partial charge on any atom is -0.342 e. The van der Waals surface area contributed by atoms with Gasteiger partial charge in [0.25, 0.3) is 5.91 Å². The van der Waals surface area contributed by atoms with Crippen molar-refractivity contribution in [2.24, 2.45) is 13.0 Å². The van der Waals surface area contributed by atoms with E-state index in [0.29, 0.717) is 11.5 Å². The van der Waals surface area contributed by atoms with Gasteiger partial charge in [-0.05, 0) is 24.5 Å². The average Bonchev–Trinajstić information content (AvgIpc) is 2.84. The van der Waals surface area contributed by atoms with Crippen LogP contribution in [0.25, 0.3) is 0 Å². The molecule has 0 saturated carbocycles. The zero-order valence-electron chi connectivity index (χ0n) is 11.9. The summed E-state index contributed by atoms with van der Waals surface area (Å²) in [5.74, 6) is 1.08. The molecule has 0 radical (unpaired) electrons. The van der Waals surface area contributed by atoms with Crippen molar-refractivity contribution in [2.75, 3.05) is 0 Å². The lowest BCUT2D eigenvalue weighted by Crippen LogP contribution is -2.31. The van der Waals surface area contributed by atoms with Gasteiger partial charge in [0.1, 0.15) is 12.2 Å². The van der Waals surface area contributed by atoms with Crippen LogP contribution >= 0.6 is 0 Å². The SMILES string of the molecule is CC(C)C[C@@H](NC(=O)c1ccncc1)c1ncnn1C. The van der Waals surface area contributed by atoms with Crippen LogP contribution in [0.1, 0.15) is 42.5 Å². The number of nitrogens with zero attached hydrogens (tertiary/aromatic N) is 4. The van der Waals surface area contributed by atoms with E-state index in [1.165, 1.54) is 6.33 Å². The number of carbonyl (C=O) groups is 1. The Morgan fingerprint density at radius 3 is 2.60 bits per heavy atom. The van der Waals surface area contributed by atoms with Gasteiger partial charge >= 0.3 is 0 Å². The monoisotopic (exact) mass is 273 g/mol. The quantitative estimate of drug-likeness (QED) is 0.900. The van der Waals surface area contributed by atoms with Gasteiger partial charge in [-0.3, -0.25) is 14.5 Å². The molecular weight excluding hydrogens is 254 g/mol. The summed E-state index contributed by atoms with van der Waals surface area (Å²) in [6, 6.07) is 3.24. The molecule has 0 aliphatic carbocycles. The van der Waals surface area contributed by atoms with E-state index < -0.39 is 0 Å². The minimum atomic E-state index is -0.150. The number of amides is 1. The van der Waals surface area contributed by atoms with Crippen molar-refractivity contribution in [3.8, 4) is 0 Å². The molecule has 1 N–H and O–H groups in total. The molecule has 0 unspecified atom stereocenters. The molecule has 2 heterocycles. The summed E-state index contributed by atoms with van der Waals surface area (Å²) in [6.07, 6.45) is 5.52. The third kappa shape index (κ3) is 3.40. The van der Waals surface area contributed by atoms with Crippen molar-refractivity contribution < 1.29 is 4.79 Å². The van der Waals surface area contributed by atoms with Gasteiger partial charge < -0.3 is 5.32 Å². The van der Waals surface area contributed by atoms with Crippen LogP contribution in [-0.2, 0) is 7.05 Å². The Morgan fingerprint density at radius 2 is 2.05 bits per heavy atom. The van der Waals surface area contributed by atoms with Crippen molar-refractivity contribution in [2.45, 2.75) is 26.3 Å². The largest absolute Gasteiger partial charge is 0.342 e. The maximum absolute atomic E-state index is 12.2. The predicted molar refractivity (Wildman–Crippen MR) is 74.9 cm³/mol. The van der Waals surface area contributed by atoms with Crippen LogP contribution in [0, 0.1) is 5.92 Å². The van der Waals surface area contributed by atoms with Crippen LogP contribution < -0.4 is 5.32 Å². The van der Waals surface area contributed by atoms with Crippen LogP contribution in [0.5, 0.6) is 0 Å². The van der Waals surface area contributed by atoms with Gasteiger partial charge in [0.15, 0.2) is 0 Å². The molecule has 0 bridgehead atoms. The molecule has 6 heteroatoms. The highest BCUT2D eigenvalue weighted by Crippen LogP contribution is 2.19. The summed E-state index contributed by atoms with van der Waals surface area (Å²) < 4.78 is 1.69. The first-order valence-corrected chi connectivity index (χ1v) is 6.62. The Hall–Kier alpha value is -2.24. The molecule has 0 aliphatic heterocycles. The smallest absolute Gasteiger partial charge is 0.251 e. The van der Waals surface area contributed by atoms with Crippen molar-refractivity contribution in [1.29, 1.82) is 0 Å². The van der Waals surface area contributed by atoms with Crippen molar-refractivity contribution in [3.63, 3.8) is 0 Å². The molecule has 0 aliphatic rings. The van der Waals surface area contributed by atoms with E-state index in [2.05, 4.69) is 34.2 Å². The molecule has 2 aromatic rings. The molecule has 1 amide bonds. The summed E-state index contributed by atoms with van der Waals surface area (Å²) in [4.78, 5) is 20.4. The number of nitrogens with one attached hydrogen (secondary N) is 1. The molecule has 0 spiro atoms. The molecular formula is C14H19N5O. The second-order valence-electron chi connectivity index (χ2n) is 5.13. The second kappa shape index (κ2) is 6.27. The topological polar surface area (TPSA) is 72.7 Å². The number of aryl methyl sites for hydroxylation is 1. The van der Waals surface area contributed by atoms with E-state index in [4.69, 9.17) is 0 Å². The Kier molecular flexibility index (Phi) is 4.45. The molecule has 0 fully saturated rings. The maximum Gasteiger partial charge on any atom is 0.251 e. The fourth-order valence-corrected chi connectivity index (χ4v) is 2.07. The number of aromatic nitrogens is 4. The van der Waals surface area contributed by atoms with Crippen LogP contribution in [-0.4, -0.2) is 25.7 Å². The van der Waals surface area contributed by atoms with Crippen molar-refractivity contribution in [3.05, 3.63) is 42.2 Å². The van der Waals surface area contributed by atoms with Crippen LogP contribution in [0.4, 0.5) is 0 Å². The van der Waals surface area contributed by atoms with Crippen molar-refractivity contribution >= 4 is 5.91 Å². The Morgan fingerprint density at radius 1 is 1.35 bits per heavy atom. The normalized spacial score (nSPS) is 12.4. The van der Waals surface area contributed by atoms with E-state index in [1.807, 2.05) is 7.05 Å². The number of pyridine rings is 1. The van der Waals surface area contributed by atoms with Gasteiger partial charge in [-0.1, -0.05) is 13.8 Å². The van der Waals surface area contributed by atoms with Gasteiger partial charge in [-0.25, -0.2) is 4.98 Å². The van der Waals surface area contributed by atoms with E-state index >= 15 is 0 Å². The third-order valence-corrected chi connectivity index (χ3v) is 3.01. The standard InChI is InChI=1S/C14H19N5O/c1-10(2)8-12(13-16-9-17-19(13)3)18-14(20)11-4-6-15-7-5-11/h4-7,9-10,12H,8H2,1-3H3,(H,18,20)/t12-/m1/s1. The van der Waals surface area contributed by atoms with E-state index in [-0.39, 0.29) is 11.9 Å². The summed E-state index contributed by atoms with van der Waals surface area (Å²) in [6.45, 7) is 4.23. The minimum absolute atomic E-state index is 0.124. The Labute approximate surface area is 118 Å². The van der Waals surface area contributed by atoms with Gasteiger partial charge in [-0.2, -0.15) is 5.10 Å². The van der Waals surface area contributed by atoms with E-state index in [9.17, 15) is 4.79 Å². The highest BCUT2D eigenvalue weighted by molar-refractivity contribution is 5.94. The lowest BCUT2D eigenvalue weighted by Gasteiger charge is -2.19. The van der Waals surface area contributed by atoms with Gasteiger partial charge in [0.2, 0.25) is 0 Å². The molecule has 0 saturated heterocycles. The molecule has 20 heavy (non-hydrogen) atoms. The van der Waals surface area contributed by atoms with E-state index in [1.54, 1.807) is 29.2 Å². The number of hydrogen-bond donors (Lipinski definition) is 1. The molecule has 2 aromatic heterocycles. The zero-order valence-corrected chi connectivity index (χ0v) is 11.9. The summed E-state index contributed by atoms with van der Waals surface area (Å²) in [7, 11) is 1.83. The van der Waals surface area contributed by atoms with Crippen LogP contribution in [0.3, 0.4) is 0 Å². The highest BCUT2D eigenvalue weighted by Gasteiger charge is 2.21. The fourth-order valence-electron chi connectivity index (χ4n) is 2.07. The third-order valence-electron chi connectivity index (χ3n) is 3.01. The number of hydrogen-bond acceptors (Lipinski definition) is 4. The van der Waals surface area contributed by atoms with E-state index in [0.717, 1.165) is 12.2 Å². The predicted octanol–water partition coefficient (Wildman–Crippen LogP) is 1.73. The molecule has 0 aromatic carbocycles. The highest BCUT2D eigenvalue weighted by atomic mass is 16.1. The molecule has 2 rings (SSSR count). The molecule has 6 nitrogen and oxygen atoms in total. The average molecular weight is 273 g/mol. The first-order chi connectivity index (χ1) is 9.58. The Bertz CT molecular complexity index is 564. The lowest BCUT2D eigenvalue weighted by molar-refractivity contribution is 0.0929. The fraction of sp³-hybridized carbons (Fsp3) is 0.429. The van der Waals surface area contributed by atoms with Crippen molar-refractivity contribution in [1.82, 2.24) is 25.1 Å². The number of carbonyl (C=O) groups excluding carboxylic acids is 1.